The topological polar surface area (TPSA) is 71.5 Å². The largest absolute Gasteiger partial charge is 0.491 e. The number of nitrogens with zero attached hydrogens (tertiary/aromatic N) is 1. The van der Waals surface area contributed by atoms with E-state index < -0.39 is 5.97 Å². The molecular weight excluding hydrogens is 288 g/mol. The van der Waals surface area contributed by atoms with Crippen LogP contribution in [-0.4, -0.2) is 29.2 Å². The van der Waals surface area contributed by atoms with Gasteiger partial charge in [0.15, 0.2) is 0 Å². The number of carboxylic acids is 1. The second-order valence-corrected chi connectivity index (χ2v) is 5.90. The predicted octanol–water partition coefficient (Wildman–Crippen LogP) is 2.88. The number of hydrogen-bond acceptors (Lipinski definition) is 5. The van der Waals surface area contributed by atoms with Crippen molar-refractivity contribution in [2.75, 3.05) is 13.2 Å². The van der Waals surface area contributed by atoms with Crippen LogP contribution in [-0.2, 0) is 0 Å². The Morgan fingerprint density at radius 1 is 1.48 bits per heavy atom. The van der Waals surface area contributed by atoms with Crippen molar-refractivity contribution in [3.05, 3.63) is 45.9 Å². The maximum Gasteiger partial charge on any atom is 0.339 e. The van der Waals surface area contributed by atoms with Crippen LogP contribution in [0.5, 0.6) is 5.75 Å². The van der Waals surface area contributed by atoms with Gasteiger partial charge in [-0.05, 0) is 26.0 Å². The Labute approximate surface area is 127 Å². The molecule has 0 bridgehead atoms. The minimum Gasteiger partial charge on any atom is -0.491 e. The van der Waals surface area contributed by atoms with Gasteiger partial charge in [0.1, 0.15) is 22.9 Å². The molecule has 2 N–H and O–H groups in total. The van der Waals surface area contributed by atoms with Crippen LogP contribution in [0.2, 0.25) is 0 Å². The molecule has 1 aromatic carbocycles. The molecule has 0 aliphatic carbocycles. The van der Waals surface area contributed by atoms with E-state index in [2.05, 4.69) is 10.3 Å². The first kappa shape index (κ1) is 15.5. The second-order valence-electron chi connectivity index (χ2n) is 4.63. The predicted molar refractivity (Wildman–Crippen MR) is 82.2 cm³/mol. The number of thiazole rings is 1. The van der Waals surface area contributed by atoms with Crippen LogP contribution < -0.4 is 10.1 Å². The van der Waals surface area contributed by atoms with Crippen molar-refractivity contribution in [3.8, 4) is 5.75 Å². The average Bonchev–Trinajstić information content (AvgIpc) is 2.90. The fraction of sp³-hybridized carbons (Fsp3) is 0.333. The molecule has 21 heavy (non-hydrogen) atoms. The molecule has 0 amide bonds. The Balaban J connectivity index is 1.81. The van der Waals surface area contributed by atoms with Gasteiger partial charge in [0.2, 0.25) is 0 Å². The number of hydrogen-bond donors (Lipinski definition) is 2. The fourth-order valence-corrected chi connectivity index (χ4v) is 2.67. The Bertz CT molecular complexity index is 612. The minimum atomic E-state index is -0.981. The summed E-state index contributed by atoms with van der Waals surface area (Å²) in [6.07, 6.45) is 1.86. The highest BCUT2D eigenvalue weighted by Crippen LogP contribution is 2.19. The van der Waals surface area contributed by atoms with Crippen LogP contribution in [0.25, 0.3) is 0 Å². The molecule has 112 valence electrons. The molecule has 1 unspecified atom stereocenters. The standard InChI is InChI=1S/C15H18N2O3S/c1-10-9-17-14(21-10)11(2)16-7-8-20-13-6-4-3-5-12(13)15(18)19/h3-6,9,11,16H,7-8H2,1-2H3,(H,18,19). The van der Waals surface area contributed by atoms with E-state index in [0.29, 0.717) is 18.9 Å². The zero-order valence-electron chi connectivity index (χ0n) is 12.0. The normalized spacial score (nSPS) is 12.1. The Hall–Kier alpha value is -1.92. The van der Waals surface area contributed by atoms with E-state index in [0.717, 1.165) is 5.01 Å². The highest BCUT2D eigenvalue weighted by atomic mass is 32.1. The van der Waals surface area contributed by atoms with E-state index in [1.54, 1.807) is 29.5 Å². The van der Waals surface area contributed by atoms with Crippen molar-refractivity contribution in [2.24, 2.45) is 0 Å². The number of aryl methyl sites for hydroxylation is 1. The summed E-state index contributed by atoms with van der Waals surface area (Å²) in [7, 11) is 0. The SMILES string of the molecule is Cc1cnc(C(C)NCCOc2ccccc2C(=O)O)s1. The minimum absolute atomic E-state index is 0.155. The molecule has 6 heteroatoms. The molecule has 1 heterocycles. The molecule has 2 rings (SSSR count). The van der Waals surface area contributed by atoms with Gasteiger partial charge in [0.25, 0.3) is 0 Å². The van der Waals surface area contributed by atoms with E-state index in [4.69, 9.17) is 9.84 Å². The first-order chi connectivity index (χ1) is 10.1. The van der Waals surface area contributed by atoms with Crippen molar-refractivity contribution in [1.29, 1.82) is 0 Å². The zero-order chi connectivity index (χ0) is 15.2. The molecule has 1 atom stereocenters. The highest BCUT2D eigenvalue weighted by Gasteiger charge is 2.11. The van der Waals surface area contributed by atoms with E-state index in [1.165, 1.54) is 10.9 Å². The third-order valence-corrected chi connectivity index (χ3v) is 4.03. The second kappa shape index (κ2) is 7.19. The summed E-state index contributed by atoms with van der Waals surface area (Å²) in [5.41, 5.74) is 0.182. The van der Waals surface area contributed by atoms with Crippen LogP contribution in [0.3, 0.4) is 0 Å². The van der Waals surface area contributed by atoms with Crippen LogP contribution in [0, 0.1) is 6.92 Å². The lowest BCUT2D eigenvalue weighted by Gasteiger charge is -2.13. The van der Waals surface area contributed by atoms with Gasteiger partial charge in [-0.15, -0.1) is 11.3 Å². The van der Waals surface area contributed by atoms with E-state index in [1.807, 2.05) is 20.0 Å². The number of rotatable bonds is 7. The van der Waals surface area contributed by atoms with Gasteiger partial charge in [-0.2, -0.15) is 0 Å². The summed E-state index contributed by atoms with van der Waals surface area (Å²) < 4.78 is 5.53. The van der Waals surface area contributed by atoms with Gasteiger partial charge in [-0.25, -0.2) is 9.78 Å². The van der Waals surface area contributed by atoms with Gasteiger partial charge < -0.3 is 15.2 Å². The van der Waals surface area contributed by atoms with Crippen molar-refractivity contribution in [1.82, 2.24) is 10.3 Å². The van der Waals surface area contributed by atoms with E-state index in [9.17, 15) is 4.79 Å². The number of ether oxygens (including phenoxy) is 1. The number of para-hydroxylation sites is 1. The van der Waals surface area contributed by atoms with Gasteiger partial charge in [0, 0.05) is 17.6 Å². The van der Waals surface area contributed by atoms with E-state index in [-0.39, 0.29) is 11.6 Å². The van der Waals surface area contributed by atoms with Gasteiger partial charge >= 0.3 is 5.97 Å². The number of carboxylic acid groups (broad SMARTS) is 1. The monoisotopic (exact) mass is 306 g/mol. The molecular formula is C15H18N2O3S. The summed E-state index contributed by atoms with van der Waals surface area (Å²) in [5, 5.41) is 13.4. The number of benzene rings is 1. The maximum atomic E-state index is 11.0. The Kier molecular flexibility index (Phi) is 5.30. The smallest absolute Gasteiger partial charge is 0.339 e. The summed E-state index contributed by atoms with van der Waals surface area (Å²) in [6.45, 7) is 5.09. The molecule has 0 aliphatic rings. The number of nitrogens with one attached hydrogen (secondary N) is 1. The molecule has 5 nitrogen and oxygen atoms in total. The summed E-state index contributed by atoms with van der Waals surface area (Å²) in [4.78, 5) is 16.6. The number of aromatic nitrogens is 1. The first-order valence-corrected chi connectivity index (χ1v) is 7.50. The van der Waals surface area contributed by atoms with Crippen LogP contribution >= 0.6 is 11.3 Å². The fourth-order valence-electron chi connectivity index (χ4n) is 1.87. The third kappa shape index (κ3) is 4.27. The third-order valence-electron chi connectivity index (χ3n) is 2.94. The summed E-state index contributed by atoms with van der Waals surface area (Å²) in [5.74, 6) is -0.588. The van der Waals surface area contributed by atoms with Gasteiger partial charge in [0.05, 0.1) is 6.04 Å². The van der Waals surface area contributed by atoms with Crippen molar-refractivity contribution in [3.63, 3.8) is 0 Å². The van der Waals surface area contributed by atoms with Crippen LogP contribution in [0.1, 0.15) is 33.2 Å². The maximum absolute atomic E-state index is 11.0. The zero-order valence-corrected chi connectivity index (χ0v) is 12.8. The van der Waals surface area contributed by atoms with Crippen molar-refractivity contribution < 1.29 is 14.6 Å². The van der Waals surface area contributed by atoms with E-state index >= 15 is 0 Å². The van der Waals surface area contributed by atoms with Crippen LogP contribution in [0.15, 0.2) is 30.5 Å². The lowest BCUT2D eigenvalue weighted by atomic mass is 10.2. The van der Waals surface area contributed by atoms with Gasteiger partial charge in [-0.3, -0.25) is 0 Å². The van der Waals surface area contributed by atoms with Gasteiger partial charge in [-0.1, -0.05) is 12.1 Å². The Morgan fingerprint density at radius 2 is 2.24 bits per heavy atom. The molecule has 0 radical (unpaired) electrons. The molecule has 0 saturated carbocycles. The van der Waals surface area contributed by atoms with Crippen molar-refractivity contribution >= 4 is 17.3 Å². The van der Waals surface area contributed by atoms with Crippen LogP contribution in [0.4, 0.5) is 0 Å². The quantitative estimate of drug-likeness (QED) is 0.770. The molecule has 0 spiro atoms. The van der Waals surface area contributed by atoms with Crippen molar-refractivity contribution in [2.45, 2.75) is 19.9 Å². The molecule has 1 aromatic heterocycles. The summed E-state index contributed by atoms with van der Waals surface area (Å²) >= 11 is 1.66. The first-order valence-electron chi connectivity index (χ1n) is 6.68. The molecule has 0 saturated heterocycles. The number of aromatic carboxylic acids is 1. The average molecular weight is 306 g/mol. The Morgan fingerprint density at radius 3 is 2.90 bits per heavy atom. The lowest BCUT2D eigenvalue weighted by molar-refractivity contribution is 0.0692. The molecule has 0 aliphatic heterocycles. The summed E-state index contributed by atoms with van der Waals surface area (Å²) in [6, 6.07) is 6.79. The highest BCUT2D eigenvalue weighted by molar-refractivity contribution is 7.11. The molecule has 0 fully saturated rings. The number of carbonyl (C=O) groups is 1. The molecule has 2 aromatic rings. The lowest BCUT2D eigenvalue weighted by Crippen LogP contribution is -2.24.